The first-order valence-corrected chi connectivity index (χ1v) is 6.27. The molecular formula is C8H7BrN2O4S. The molecule has 1 aromatic rings. The van der Waals surface area contributed by atoms with E-state index in [1.807, 2.05) is 0 Å². The third kappa shape index (κ3) is 1.74. The van der Waals surface area contributed by atoms with Gasteiger partial charge in [-0.1, -0.05) is 0 Å². The van der Waals surface area contributed by atoms with Crippen molar-refractivity contribution in [3.63, 3.8) is 0 Å². The van der Waals surface area contributed by atoms with Gasteiger partial charge in [-0.05, 0) is 28.1 Å². The van der Waals surface area contributed by atoms with Crippen LogP contribution in [0.15, 0.2) is 21.0 Å². The van der Waals surface area contributed by atoms with E-state index in [1.54, 1.807) is 12.1 Å². The first-order chi connectivity index (χ1) is 7.44. The second kappa shape index (κ2) is 3.63. The molecule has 1 aromatic carbocycles. The van der Waals surface area contributed by atoms with E-state index < -0.39 is 10.3 Å². The average Bonchev–Trinajstić information content (AvgIpc) is 2.15. The summed E-state index contributed by atoms with van der Waals surface area (Å²) in [5.41, 5.74) is 5.92. The molecule has 0 aromatic heterocycles. The predicted molar refractivity (Wildman–Crippen MR) is 61.0 cm³/mol. The smallest absolute Gasteiger partial charge is 0.430 e. The molecule has 16 heavy (non-hydrogen) atoms. The third-order valence-electron chi connectivity index (χ3n) is 1.95. The van der Waals surface area contributed by atoms with Crippen LogP contribution in [0.25, 0.3) is 0 Å². The molecule has 1 aliphatic rings. The lowest BCUT2D eigenvalue weighted by molar-refractivity contribution is 0.389. The van der Waals surface area contributed by atoms with Crippen LogP contribution in [0.2, 0.25) is 0 Å². The van der Waals surface area contributed by atoms with E-state index in [2.05, 4.69) is 20.3 Å². The highest BCUT2D eigenvalue weighted by Gasteiger charge is 2.28. The molecule has 2 rings (SSSR count). The highest BCUT2D eigenvalue weighted by Crippen LogP contribution is 2.39. The third-order valence-corrected chi connectivity index (χ3v) is 3.40. The van der Waals surface area contributed by atoms with Gasteiger partial charge in [0, 0.05) is 4.47 Å². The van der Waals surface area contributed by atoms with Crippen LogP contribution in [0.1, 0.15) is 5.56 Å². The van der Waals surface area contributed by atoms with Gasteiger partial charge in [0.15, 0.2) is 17.3 Å². The average molecular weight is 307 g/mol. The van der Waals surface area contributed by atoms with Crippen molar-refractivity contribution in [1.29, 1.82) is 0 Å². The van der Waals surface area contributed by atoms with Crippen LogP contribution in [0.5, 0.6) is 11.5 Å². The van der Waals surface area contributed by atoms with Crippen LogP contribution in [0.3, 0.4) is 0 Å². The zero-order valence-electron chi connectivity index (χ0n) is 8.10. The zero-order valence-corrected chi connectivity index (χ0v) is 10.5. The fourth-order valence-electron chi connectivity index (χ4n) is 1.31. The summed E-state index contributed by atoms with van der Waals surface area (Å²) in [6, 6.07) is 3.23. The summed E-state index contributed by atoms with van der Waals surface area (Å²) in [6.07, 6.45) is 0. The largest absolute Gasteiger partial charge is 0.493 e. The van der Waals surface area contributed by atoms with Crippen LogP contribution in [-0.2, 0) is 10.3 Å². The van der Waals surface area contributed by atoms with E-state index in [-0.39, 0.29) is 17.3 Å². The maximum atomic E-state index is 11.2. The molecule has 0 radical (unpaired) electrons. The molecule has 0 amide bonds. The quantitative estimate of drug-likeness (QED) is 0.828. The zero-order chi connectivity index (χ0) is 11.9. The maximum Gasteiger partial charge on any atom is 0.430 e. The molecule has 0 aliphatic carbocycles. The van der Waals surface area contributed by atoms with Crippen molar-refractivity contribution in [2.24, 2.45) is 10.1 Å². The van der Waals surface area contributed by atoms with E-state index >= 15 is 0 Å². The van der Waals surface area contributed by atoms with E-state index in [9.17, 15) is 8.42 Å². The van der Waals surface area contributed by atoms with Gasteiger partial charge in [0.1, 0.15) is 0 Å². The molecule has 0 bridgehead atoms. The highest BCUT2D eigenvalue weighted by molar-refractivity contribution is 9.10. The Hall–Kier alpha value is -1.28. The van der Waals surface area contributed by atoms with Crippen molar-refractivity contribution in [3.8, 4) is 11.5 Å². The second-order valence-corrected chi connectivity index (χ2v) is 5.00. The first-order valence-electron chi connectivity index (χ1n) is 4.11. The summed E-state index contributed by atoms with van der Waals surface area (Å²) in [5.74, 6) is 0.191. The van der Waals surface area contributed by atoms with Gasteiger partial charge in [-0.2, -0.15) is 8.42 Å². The lowest BCUT2D eigenvalue weighted by Gasteiger charge is -2.17. The maximum absolute atomic E-state index is 11.2. The molecule has 6 nitrogen and oxygen atoms in total. The molecular weight excluding hydrogens is 300 g/mol. The summed E-state index contributed by atoms with van der Waals surface area (Å²) in [5, 5.41) is 0. The van der Waals surface area contributed by atoms with Crippen molar-refractivity contribution in [3.05, 3.63) is 22.2 Å². The first kappa shape index (κ1) is 11.2. The Morgan fingerprint density at radius 1 is 1.50 bits per heavy atom. The minimum Gasteiger partial charge on any atom is -0.493 e. The van der Waals surface area contributed by atoms with E-state index in [1.165, 1.54) is 7.11 Å². The van der Waals surface area contributed by atoms with Crippen LogP contribution < -0.4 is 14.7 Å². The highest BCUT2D eigenvalue weighted by atomic mass is 79.9. The van der Waals surface area contributed by atoms with Gasteiger partial charge in [-0.15, -0.1) is 4.40 Å². The Kier molecular flexibility index (Phi) is 2.55. The van der Waals surface area contributed by atoms with Crippen molar-refractivity contribution in [2.45, 2.75) is 0 Å². The molecule has 0 unspecified atom stereocenters. The van der Waals surface area contributed by atoms with E-state index in [4.69, 9.17) is 14.7 Å². The summed E-state index contributed by atoms with van der Waals surface area (Å²) in [7, 11) is -2.63. The number of hydrogen-bond acceptors (Lipinski definition) is 5. The Balaban J connectivity index is 2.77. The predicted octanol–water partition coefficient (Wildman–Crippen LogP) is 0.800. The summed E-state index contributed by atoms with van der Waals surface area (Å²) in [4.78, 5) is 0. The Morgan fingerprint density at radius 3 is 2.81 bits per heavy atom. The van der Waals surface area contributed by atoms with Crippen LogP contribution >= 0.6 is 15.9 Å². The lowest BCUT2D eigenvalue weighted by Crippen LogP contribution is -2.25. The summed E-state index contributed by atoms with van der Waals surface area (Å²) < 4.78 is 36.0. The number of amidine groups is 1. The molecule has 86 valence electrons. The molecule has 2 N–H and O–H groups in total. The van der Waals surface area contributed by atoms with Gasteiger partial charge < -0.3 is 14.7 Å². The van der Waals surface area contributed by atoms with Crippen molar-refractivity contribution in [2.75, 3.05) is 7.11 Å². The molecule has 1 aliphatic heterocycles. The summed E-state index contributed by atoms with van der Waals surface area (Å²) >= 11 is 3.23. The van der Waals surface area contributed by atoms with Gasteiger partial charge in [-0.25, -0.2) is 0 Å². The number of hydrogen-bond donors (Lipinski definition) is 1. The van der Waals surface area contributed by atoms with Crippen molar-refractivity contribution >= 4 is 32.1 Å². The molecule has 1 heterocycles. The SMILES string of the molecule is COc1ccc(Br)c2c1OS(=O)(=O)N=C2N. The summed E-state index contributed by atoms with van der Waals surface area (Å²) in [6.45, 7) is 0. The molecule has 0 saturated carbocycles. The minimum atomic E-state index is -4.03. The van der Waals surface area contributed by atoms with Gasteiger partial charge in [0.25, 0.3) is 0 Å². The van der Waals surface area contributed by atoms with Gasteiger partial charge in [0.2, 0.25) is 0 Å². The normalized spacial score (nSPS) is 17.0. The number of halogens is 1. The number of fused-ring (bicyclic) bond motifs is 1. The molecule has 8 heteroatoms. The van der Waals surface area contributed by atoms with Crippen molar-refractivity contribution < 1.29 is 17.3 Å². The van der Waals surface area contributed by atoms with Crippen LogP contribution in [0.4, 0.5) is 0 Å². The number of ether oxygens (including phenoxy) is 1. The molecule has 0 spiro atoms. The van der Waals surface area contributed by atoms with Crippen molar-refractivity contribution in [1.82, 2.24) is 0 Å². The number of methoxy groups -OCH3 is 1. The molecule has 0 fully saturated rings. The lowest BCUT2D eigenvalue weighted by atomic mass is 10.1. The van der Waals surface area contributed by atoms with Crippen LogP contribution in [-0.4, -0.2) is 21.4 Å². The fourth-order valence-corrected chi connectivity index (χ4v) is 2.57. The van der Waals surface area contributed by atoms with Gasteiger partial charge in [-0.3, -0.25) is 0 Å². The monoisotopic (exact) mass is 306 g/mol. The van der Waals surface area contributed by atoms with E-state index in [0.29, 0.717) is 10.0 Å². The van der Waals surface area contributed by atoms with Crippen LogP contribution in [0, 0.1) is 0 Å². The number of nitrogens with zero attached hydrogens (tertiary/aromatic N) is 1. The molecule has 0 atom stereocenters. The standard InChI is InChI=1S/C8H7BrN2O4S/c1-14-5-3-2-4(9)6-7(5)15-16(12,13)11-8(6)10/h2-3H,1H3,(H2,10,11). The number of benzene rings is 1. The second-order valence-electron chi connectivity index (χ2n) is 2.94. The van der Waals surface area contributed by atoms with Gasteiger partial charge >= 0.3 is 10.3 Å². The van der Waals surface area contributed by atoms with Gasteiger partial charge in [0.05, 0.1) is 12.7 Å². The Bertz CT molecular complexity index is 582. The topological polar surface area (TPSA) is 91.0 Å². The molecule has 0 saturated heterocycles. The number of rotatable bonds is 1. The fraction of sp³-hybridized carbons (Fsp3) is 0.125. The van der Waals surface area contributed by atoms with E-state index in [0.717, 1.165) is 0 Å². The minimum absolute atomic E-state index is 0.0457. The Morgan fingerprint density at radius 2 is 2.19 bits per heavy atom. The Labute approximate surface area is 100 Å². The number of nitrogens with two attached hydrogens (primary N) is 1.